The van der Waals surface area contributed by atoms with Crippen LogP contribution in [0.4, 0.5) is 0 Å². The Hall–Kier alpha value is 11.0. The largest absolute Gasteiger partial charge is 0.149 e. The molecule has 0 rings (SSSR count). The van der Waals surface area contributed by atoms with Gasteiger partial charge < -0.3 is 0 Å². The van der Waals surface area contributed by atoms with Crippen LogP contribution in [0.3, 0.4) is 0 Å². The Bertz CT molecular complexity index is 401. The van der Waals surface area contributed by atoms with Crippen LogP contribution in [0.5, 0.6) is 0 Å². The van der Waals surface area contributed by atoms with Gasteiger partial charge in [-0.25, -0.2) is 0 Å². The summed E-state index contributed by atoms with van der Waals surface area (Å²) in [4.78, 5) is 0. The van der Waals surface area contributed by atoms with Crippen LogP contribution in [0.1, 0.15) is 0 Å². The van der Waals surface area contributed by atoms with Crippen molar-refractivity contribution in [1.82, 2.24) is 0 Å². The van der Waals surface area contributed by atoms with Crippen molar-refractivity contribution in [2.45, 2.75) is 6.58 Å². The van der Waals surface area contributed by atoms with Gasteiger partial charge in [0.25, 0.3) is 0 Å². The molecular weight excluding hydrogens is 1990 g/mol. The van der Waals surface area contributed by atoms with E-state index >= 15 is 0 Å². The van der Waals surface area contributed by atoms with E-state index in [0.29, 0.717) is 0 Å². The maximum Gasteiger partial charge on any atom is 0.149 e. The minimum atomic E-state index is 0.0108. The molecule has 0 aromatic heterocycles. The highest BCUT2D eigenvalue weighted by molar-refractivity contribution is 14.3. The van der Waals surface area contributed by atoms with Crippen LogP contribution in [-0.4, -0.2) is 6.58 Å². The molecule has 15 heteroatoms. The minimum Gasteiger partial charge on any atom is -0.0623 e. The molecule has 0 saturated carbocycles. The van der Waals surface area contributed by atoms with E-state index in [1.54, 1.807) is 0 Å². The molecule has 0 aliphatic carbocycles. The van der Waals surface area contributed by atoms with E-state index in [-0.39, 0.29) is 6.58 Å². The average molecular weight is 1990 g/mol. The van der Waals surface area contributed by atoms with E-state index in [0.717, 1.165) is 0 Å². The first kappa shape index (κ1) is 33.0. The molecule has 0 N–H and O–H groups in total. The molecular formula is C7I15. The van der Waals surface area contributed by atoms with Gasteiger partial charge in [0, 0.05) is 0 Å². The quantitative estimate of drug-likeness (QED) is 0.184. The normalized spacial score (nSPS) is 16.4. The van der Waals surface area contributed by atoms with Crippen LogP contribution in [0.25, 0.3) is 0 Å². The van der Waals surface area contributed by atoms with Gasteiger partial charge in [-0.3, -0.25) is 0 Å². The van der Waals surface area contributed by atoms with Gasteiger partial charge in [0.1, 0.15) is 8.51 Å². The molecule has 22 heavy (non-hydrogen) atoms. The second-order valence-electron chi connectivity index (χ2n) is 3.63. The highest BCUT2D eigenvalue weighted by Gasteiger charge is 2.73. The first-order chi connectivity index (χ1) is 9.19. The summed E-state index contributed by atoms with van der Waals surface area (Å²) < 4.78 is 1.66. The molecule has 0 atom stereocenters. The van der Waals surface area contributed by atoms with Crippen LogP contribution in [0, 0.1) is 1.93 Å². The fourth-order valence-corrected chi connectivity index (χ4v) is 20.5. The second-order valence-corrected chi connectivity index (χ2v) is 45.4. The van der Waals surface area contributed by atoms with Crippen molar-refractivity contribution >= 4 is 339 Å². The second kappa shape index (κ2) is 12.3. The predicted molar refractivity (Wildman–Crippen MR) is 230 cm³/mol. The Labute approximate surface area is 336 Å². The standard InChI is InChI=1S/C7I15/c8-1(9)2(10,11)3(12,13)4(14,15)5(16,17)6(18,19)7(20,21)22. The first-order valence-electron chi connectivity index (χ1n) is 4.33. The zero-order valence-electron chi connectivity index (χ0n) is 9.17. The van der Waals surface area contributed by atoms with E-state index < -0.39 is 0 Å². The highest BCUT2D eigenvalue weighted by Crippen LogP contribution is 2.77. The van der Waals surface area contributed by atoms with Gasteiger partial charge in [-0.2, -0.15) is 0 Å². The van der Waals surface area contributed by atoms with Crippen LogP contribution in [0.15, 0.2) is 0 Å². The van der Waals surface area contributed by atoms with Crippen molar-refractivity contribution < 1.29 is 0 Å². The van der Waals surface area contributed by atoms with Gasteiger partial charge in [0.2, 0.25) is 0 Å². The van der Waals surface area contributed by atoms with Crippen molar-refractivity contribution in [1.29, 1.82) is 0 Å². The Balaban J connectivity index is 6.24. The molecule has 0 aromatic carbocycles. The molecule has 0 saturated heterocycles. The number of hydrogen-bond acceptors (Lipinski definition) is 0. The van der Waals surface area contributed by atoms with Gasteiger partial charge >= 0.3 is 0 Å². The maximum atomic E-state index is 2.69. The van der Waals surface area contributed by atoms with E-state index in [4.69, 9.17) is 0 Å². The zero-order chi connectivity index (χ0) is 18.6. The third kappa shape index (κ3) is 7.23. The Kier molecular flexibility index (Phi) is 18.4. The minimum absolute atomic E-state index is 0.0108. The van der Waals surface area contributed by atoms with Crippen molar-refractivity contribution in [2.24, 2.45) is 0 Å². The monoisotopic (exact) mass is 1990 g/mol. The molecule has 0 spiro atoms. The van der Waals surface area contributed by atoms with Crippen molar-refractivity contribution in [2.75, 3.05) is 0 Å². The third-order valence-corrected chi connectivity index (χ3v) is 48.7. The Morgan fingerprint density at radius 3 is 0.909 bits per heavy atom. The molecule has 133 valence electrons. The van der Waals surface area contributed by atoms with E-state index in [2.05, 4.69) is 339 Å². The number of hydrogen-bond donors (Lipinski definition) is 0. The van der Waals surface area contributed by atoms with Gasteiger partial charge in [0.15, 0.2) is 0 Å². The zero-order valence-corrected chi connectivity index (χ0v) is 41.5. The number of alkyl halides is 13. The number of rotatable bonds is 6. The molecule has 0 nitrogen and oxygen atoms in total. The summed E-state index contributed by atoms with van der Waals surface area (Å²) in [5, 5.41) is 0. The third-order valence-electron chi connectivity index (χ3n) is 2.17. The highest BCUT2D eigenvalue weighted by atomic mass is 127. The molecule has 0 amide bonds. The fourth-order valence-electron chi connectivity index (χ4n) is 0.888. The summed E-state index contributed by atoms with van der Waals surface area (Å²) >= 11 is 39.3. The van der Waals surface area contributed by atoms with Gasteiger partial charge in [0.05, 0.1) is 0 Å². The summed E-state index contributed by atoms with van der Waals surface area (Å²) in [5.41, 5.74) is 0. The smallest absolute Gasteiger partial charge is 0.0623 e. The predicted octanol–water partition coefficient (Wildman–Crippen LogP) is 12.1. The lowest BCUT2D eigenvalue weighted by molar-refractivity contribution is 0.744. The van der Waals surface area contributed by atoms with Crippen LogP contribution >= 0.6 is 339 Å². The fraction of sp³-hybridized carbons (Fsp3) is 0.857. The molecule has 1 radical (unpaired) electrons. The van der Waals surface area contributed by atoms with Crippen LogP contribution < -0.4 is 0 Å². The lowest BCUT2D eigenvalue weighted by Crippen LogP contribution is -2.63. The van der Waals surface area contributed by atoms with Crippen molar-refractivity contribution in [3.63, 3.8) is 0 Å². The van der Waals surface area contributed by atoms with Crippen molar-refractivity contribution in [3.05, 3.63) is 1.93 Å². The molecule has 0 aromatic rings. The van der Waals surface area contributed by atoms with E-state index in [1.165, 1.54) is 1.93 Å². The summed E-state index contributed by atoms with van der Waals surface area (Å²) in [6, 6.07) is 0. The summed E-state index contributed by atoms with van der Waals surface area (Å²) in [6.45, 7) is 0. The lowest BCUT2D eigenvalue weighted by Gasteiger charge is -2.54. The maximum absolute atomic E-state index is 2.69. The first-order valence-corrected chi connectivity index (χ1v) is 20.5. The van der Waals surface area contributed by atoms with Gasteiger partial charge in [-0.15, -0.1) is 0 Å². The molecule has 0 aliphatic heterocycles. The SMILES string of the molecule is I[C](I)C(I)(I)C(I)(I)C(I)(I)C(I)(I)C(I)(I)C(I)(I)I. The summed E-state index contributed by atoms with van der Waals surface area (Å²) in [7, 11) is 0. The van der Waals surface area contributed by atoms with E-state index in [1.807, 2.05) is 0 Å². The van der Waals surface area contributed by atoms with Gasteiger partial charge in [-0.05, 0) is 0 Å². The summed E-state index contributed by atoms with van der Waals surface area (Å²) in [5.74, 6) is 0. The van der Waals surface area contributed by atoms with Crippen LogP contribution in [0.2, 0.25) is 0 Å². The van der Waals surface area contributed by atoms with Crippen LogP contribution in [-0.2, 0) is 0 Å². The molecule has 0 heterocycles. The lowest BCUT2D eigenvalue weighted by atomic mass is 10.1. The topological polar surface area (TPSA) is 0 Å². The van der Waals surface area contributed by atoms with Gasteiger partial charge in [-0.1, -0.05) is 339 Å². The Morgan fingerprint density at radius 2 is 0.682 bits per heavy atom. The molecule has 0 aliphatic rings. The molecule has 0 fully saturated rings. The molecule has 0 bridgehead atoms. The Morgan fingerprint density at radius 1 is 0.409 bits per heavy atom. The summed E-state index contributed by atoms with van der Waals surface area (Å²) in [6.07, 6.45) is 0. The average Bonchev–Trinajstić information content (AvgIpc) is 2.25. The number of halogens is 15. The van der Waals surface area contributed by atoms with E-state index in [9.17, 15) is 0 Å². The van der Waals surface area contributed by atoms with Crippen molar-refractivity contribution in [3.8, 4) is 0 Å². The molecule has 0 unspecified atom stereocenters.